The number of rotatable bonds is 8. The molecule has 2 aromatic heterocycles. The molecular formula is C20H24N6O2. The number of nitrogens with one attached hydrogen (secondary N) is 3. The first kappa shape index (κ1) is 19.5. The zero-order valence-corrected chi connectivity index (χ0v) is 16.0. The van der Waals surface area contributed by atoms with Gasteiger partial charge in [-0.2, -0.15) is 5.10 Å². The standard InChI is InChI=1S/C20H24N6O2/c1-3-15-5-4-6-18(23-15)20(28)24-16-7-8-17-14(11-16)12-26(25-17)13-19(27)22-10-9-21-2/h4-8,11-12,21H,3,9-10,13H2,1-2H3,(H,22,27)(H,24,28). The summed E-state index contributed by atoms with van der Waals surface area (Å²) in [5.41, 5.74) is 2.66. The Morgan fingerprint density at radius 2 is 2.00 bits per heavy atom. The second kappa shape index (κ2) is 9.09. The van der Waals surface area contributed by atoms with E-state index in [1.165, 1.54) is 0 Å². The van der Waals surface area contributed by atoms with Crippen molar-refractivity contribution in [3.63, 3.8) is 0 Å². The number of carbonyl (C=O) groups is 2. The number of carbonyl (C=O) groups excluding carboxylic acids is 2. The third-order valence-corrected chi connectivity index (χ3v) is 4.21. The number of pyridine rings is 1. The Kier molecular flexibility index (Phi) is 6.33. The molecule has 2 heterocycles. The molecule has 0 aliphatic heterocycles. The SMILES string of the molecule is CCc1cccc(C(=O)Nc2ccc3nn(CC(=O)NCCNC)cc3c2)n1. The van der Waals surface area contributed by atoms with Crippen molar-refractivity contribution >= 4 is 28.4 Å². The molecule has 2 amide bonds. The Labute approximate surface area is 163 Å². The topological polar surface area (TPSA) is 101 Å². The van der Waals surface area contributed by atoms with E-state index < -0.39 is 0 Å². The number of likely N-dealkylation sites (N-methyl/N-ethyl adjacent to an activating group) is 1. The van der Waals surface area contributed by atoms with Crippen molar-refractivity contribution in [1.29, 1.82) is 0 Å². The molecule has 28 heavy (non-hydrogen) atoms. The smallest absolute Gasteiger partial charge is 0.274 e. The largest absolute Gasteiger partial charge is 0.353 e. The van der Waals surface area contributed by atoms with Crippen molar-refractivity contribution < 1.29 is 9.59 Å². The summed E-state index contributed by atoms with van der Waals surface area (Å²) in [6, 6.07) is 10.9. The van der Waals surface area contributed by atoms with Gasteiger partial charge in [-0.3, -0.25) is 14.3 Å². The highest BCUT2D eigenvalue weighted by molar-refractivity contribution is 6.03. The molecule has 3 aromatic rings. The van der Waals surface area contributed by atoms with E-state index in [4.69, 9.17) is 0 Å². The summed E-state index contributed by atoms with van der Waals surface area (Å²) < 4.78 is 1.59. The lowest BCUT2D eigenvalue weighted by atomic mass is 10.2. The number of amides is 2. The fourth-order valence-corrected chi connectivity index (χ4v) is 2.76. The van der Waals surface area contributed by atoms with E-state index in [2.05, 4.69) is 26.0 Å². The molecule has 8 heteroatoms. The Bertz CT molecular complexity index is 982. The van der Waals surface area contributed by atoms with Gasteiger partial charge >= 0.3 is 0 Å². The molecule has 146 valence electrons. The van der Waals surface area contributed by atoms with E-state index >= 15 is 0 Å². The van der Waals surface area contributed by atoms with E-state index in [9.17, 15) is 9.59 Å². The van der Waals surface area contributed by atoms with Gasteiger partial charge in [0.15, 0.2) is 0 Å². The highest BCUT2D eigenvalue weighted by atomic mass is 16.2. The number of benzene rings is 1. The predicted molar refractivity (Wildman–Crippen MR) is 108 cm³/mol. The zero-order chi connectivity index (χ0) is 19.9. The normalized spacial score (nSPS) is 10.8. The molecule has 0 aliphatic carbocycles. The Morgan fingerprint density at radius 1 is 1.14 bits per heavy atom. The van der Waals surface area contributed by atoms with Gasteiger partial charge in [-0.05, 0) is 43.8 Å². The number of hydrogen-bond donors (Lipinski definition) is 3. The first-order valence-electron chi connectivity index (χ1n) is 9.25. The van der Waals surface area contributed by atoms with Gasteiger partial charge in [-0.15, -0.1) is 0 Å². The molecule has 0 atom stereocenters. The lowest BCUT2D eigenvalue weighted by Gasteiger charge is -2.05. The van der Waals surface area contributed by atoms with Gasteiger partial charge in [0.1, 0.15) is 12.2 Å². The maximum atomic E-state index is 12.4. The van der Waals surface area contributed by atoms with Crippen LogP contribution in [0.25, 0.3) is 10.9 Å². The summed E-state index contributed by atoms with van der Waals surface area (Å²) in [6.07, 6.45) is 2.56. The third-order valence-electron chi connectivity index (χ3n) is 4.21. The van der Waals surface area contributed by atoms with Crippen molar-refractivity contribution in [2.45, 2.75) is 19.9 Å². The molecule has 0 spiro atoms. The van der Waals surface area contributed by atoms with E-state index in [-0.39, 0.29) is 18.4 Å². The second-order valence-electron chi connectivity index (χ2n) is 6.38. The Morgan fingerprint density at radius 3 is 2.79 bits per heavy atom. The Hall–Kier alpha value is -3.26. The van der Waals surface area contributed by atoms with Crippen LogP contribution < -0.4 is 16.0 Å². The number of nitrogens with zero attached hydrogens (tertiary/aromatic N) is 3. The average molecular weight is 380 g/mol. The van der Waals surface area contributed by atoms with Gasteiger partial charge in [0, 0.05) is 36.1 Å². The van der Waals surface area contributed by atoms with E-state index in [0.29, 0.717) is 24.5 Å². The van der Waals surface area contributed by atoms with E-state index in [1.54, 1.807) is 23.0 Å². The summed E-state index contributed by atoms with van der Waals surface area (Å²) in [5, 5.41) is 13.9. The lowest BCUT2D eigenvalue weighted by molar-refractivity contribution is -0.121. The molecule has 0 bridgehead atoms. The average Bonchev–Trinajstić information content (AvgIpc) is 3.09. The van der Waals surface area contributed by atoms with Crippen LogP contribution in [0.15, 0.2) is 42.6 Å². The van der Waals surface area contributed by atoms with Crippen LogP contribution in [0.1, 0.15) is 23.1 Å². The minimum Gasteiger partial charge on any atom is -0.353 e. The van der Waals surface area contributed by atoms with Crippen molar-refractivity contribution in [2.75, 3.05) is 25.5 Å². The predicted octanol–water partition coefficient (Wildman–Crippen LogP) is 1.58. The van der Waals surface area contributed by atoms with Crippen LogP contribution in [0, 0.1) is 0 Å². The fraction of sp³-hybridized carbons (Fsp3) is 0.300. The van der Waals surface area contributed by atoms with Crippen molar-refractivity contribution in [3.05, 3.63) is 54.0 Å². The van der Waals surface area contributed by atoms with Crippen molar-refractivity contribution in [3.8, 4) is 0 Å². The van der Waals surface area contributed by atoms with Crippen molar-refractivity contribution in [2.24, 2.45) is 0 Å². The van der Waals surface area contributed by atoms with Gasteiger partial charge in [-0.1, -0.05) is 13.0 Å². The second-order valence-corrected chi connectivity index (χ2v) is 6.38. The molecule has 0 fully saturated rings. The summed E-state index contributed by atoms with van der Waals surface area (Å²) in [4.78, 5) is 28.7. The zero-order valence-electron chi connectivity index (χ0n) is 16.0. The highest BCUT2D eigenvalue weighted by Crippen LogP contribution is 2.18. The molecule has 0 aliphatic rings. The fourth-order valence-electron chi connectivity index (χ4n) is 2.76. The van der Waals surface area contributed by atoms with Gasteiger partial charge < -0.3 is 16.0 Å². The first-order chi connectivity index (χ1) is 13.6. The molecule has 8 nitrogen and oxygen atoms in total. The molecule has 0 radical (unpaired) electrons. The minimum absolute atomic E-state index is 0.0986. The number of anilines is 1. The van der Waals surface area contributed by atoms with Gasteiger partial charge in [0.05, 0.1) is 5.52 Å². The van der Waals surface area contributed by atoms with Crippen LogP contribution in [-0.4, -0.2) is 46.7 Å². The van der Waals surface area contributed by atoms with Gasteiger partial charge in [0.25, 0.3) is 5.91 Å². The summed E-state index contributed by atoms with van der Waals surface area (Å²) >= 11 is 0. The van der Waals surface area contributed by atoms with Crippen LogP contribution in [0.5, 0.6) is 0 Å². The summed E-state index contributed by atoms with van der Waals surface area (Å²) in [7, 11) is 1.83. The van der Waals surface area contributed by atoms with Crippen LogP contribution >= 0.6 is 0 Å². The third kappa shape index (κ3) is 4.92. The maximum absolute atomic E-state index is 12.4. The quantitative estimate of drug-likeness (QED) is 0.515. The highest BCUT2D eigenvalue weighted by Gasteiger charge is 2.10. The van der Waals surface area contributed by atoms with Gasteiger partial charge in [-0.25, -0.2) is 4.98 Å². The van der Waals surface area contributed by atoms with Crippen molar-refractivity contribution in [1.82, 2.24) is 25.4 Å². The van der Waals surface area contributed by atoms with Crippen LogP contribution in [0.2, 0.25) is 0 Å². The molecule has 3 N–H and O–H groups in total. The first-order valence-corrected chi connectivity index (χ1v) is 9.25. The molecule has 0 saturated heterocycles. The van der Waals surface area contributed by atoms with Gasteiger partial charge in [0.2, 0.25) is 5.91 Å². The maximum Gasteiger partial charge on any atom is 0.274 e. The Balaban J connectivity index is 1.68. The van der Waals surface area contributed by atoms with Crippen LogP contribution in [-0.2, 0) is 17.8 Å². The van der Waals surface area contributed by atoms with Crippen LogP contribution in [0.4, 0.5) is 5.69 Å². The molecule has 1 aromatic carbocycles. The number of aryl methyl sites for hydroxylation is 1. The molecular weight excluding hydrogens is 356 g/mol. The lowest BCUT2D eigenvalue weighted by Crippen LogP contribution is -2.33. The number of fused-ring (bicyclic) bond motifs is 1. The van der Waals surface area contributed by atoms with E-state index in [0.717, 1.165) is 23.0 Å². The number of hydrogen-bond acceptors (Lipinski definition) is 5. The molecule has 0 saturated carbocycles. The van der Waals surface area contributed by atoms with E-state index in [1.807, 2.05) is 38.2 Å². The monoisotopic (exact) mass is 380 g/mol. The molecule has 3 rings (SSSR count). The molecule has 0 unspecified atom stereocenters. The minimum atomic E-state index is -0.258. The van der Waals surface area contributed by atoms with Crippen LogP contribution in [0.3, 0.4) is 0 Å². The number of aromatic nitrogens is 3. The summed E-state index contributed by atoms with van der Waals surface area (Å²) in [6.45, 7) is 3.43. The summed E-state index contributed by atoms with van der Waals surface area (Å²) in [5.74, 6) is -0.357.